The maximum Gasteiger partial charge on any atom is 0.308 e. The van der Waals surface area contributed by atoms with Gasteiger partial charge in [0.05, 0.1) is 12.5 Å². The summed E-state index contributed by atoms with van der Waals surface area (Å²) in [6.45, 7) is 4.72. The Morgan fingerprint density at radius 1 is 1.21 bits per heavy atom. The van der Waals surface area contributed by atoms with Crippen LogP contribution in [0.5, 0.6) is 0 Å². The van der Waals surface area contributed by atoms with Gasteiger partial charge in [-0.2, -0.15) is 0 Å². The van der Waals surface area contributed by atoms with Crippen LogP contribution < -0.4 is 0 Å². The first-order chi connectivity index (χ1) is 6.70. The first-order valence-electron chi connectivity index (χ1n) is 5.87. The molecule has 1 fully saturated rings. The van der Waals surface area contributed by atoms with Gasteiger partial charge in [0.15, 0.2) is 0 Å². The summed E-state index contributed by atoms with van der Waals surface area (Å²) in [5.74, 6) is 0.682. The van der Waals surface area contributed by atoms with Gasteiger partial charge in [0, 0.05) is 0 Å². The maximum atomic E-state index is 11.6. The summed E-state index contributed by atoms with van der Waals surface area (Å²) in [7, 11) is 0. The summed E-state index contributed by atoms with van der Waals surface area (Å²) in [4.78, 5) is 11.6. The first-order valence-corrected chi connectivity index (χ1v) is 5.87. The Labute approximate surface area is 87.0 Å². The molecule has 82 valence electrons. The molecule has 0 bridgehead atoms. The molecular formula is C12H22O2. The smallest absolute Gasteiger partial charge is 0.308 e. The van der Waals surface area contributed by atoms with Crippen LogP contribution in [-0.2, 0) is 9.53 Å². The number of hydrogen-bond acceptors (Lipinski definition) is 2. The Morgan fingerprint density at radius 2 is 1.79 bits per heavy atom. The zero-order valence-corrected chi connectivity index (χ0v) is 9.42. The fourth-order valence-corrected chi connectivity index (χ4v) is 1.88. The van der Waals surface area contributed by atoms with Crippen molar-refractivity contribution >= 4 is 5.97 Å². The zero-order valence-electron chi connectivity index (χ0n) is 9.42. The lowest BCUT2D eigenvalue weighted by Crippen LogP contribution is -2.19. The molecule has 2 heteroatoms. The number of esters is 1. The Bertz CT molecular complexity index is 167. The van der Waals surface area contributed by atoms with Crippen LogP contribution in [0.4, 0.5) is 0 Å². The molecule has 0 aliphatic heterocycles. The van der Waals surface area contributed by atoms with Crippen LogP contribution in [0.2, 0.25) is 0 Å². The Hall–Kier alpha value is -0.530. The maximum absolute atomic E-state index is 11.6. The largest absolute Gasteiger partial charge is 0.465 e. The van der Waals surface area contributed by atoms with Crippen LogP contribution in [0.3, 0.4) is 0 Å². The van der Waals surface area contributed by atoms with Crippen molar-refractivity contribution in [3.8, 4) is 0 Å². The first kappa shape index (κ1) is 11.5. The minimum absolute atomic E-state index is 0.0422. The average molecular weight is 198 g/mol. The van der Waals surface area contributed by atoms with Crippen LogP contribution >= 0.6 is 0 Å². The van der Waals surface area contributed by atoms with Gasteiger partial charge in [-0.05, 0) is 18.8 Å². The van der Waals surface area contributed by atoms with Gasteiger partial charge < -0.3 is 4.74 Å². The average Bonchev–Trinajstić information content (AvgIpc) is 2.42. The van der Waals surface area contributed by atoms with E-state index in [1.165, 1.54) is 25.7 Å². The SMILES string of the molecule is CC(C)COC(=O)C1CCCCCC1. The van der Waals surface area contributed by atoms with E-state index in [1.54, 1.807) is 0 Å². The normalized spacial score (nSPS) is 19.4. The van der Waals surface area contributed by atoms with Gasteiger partial charge in [0.25, 0.3) is 0 Å². The van der Waals surface area contributed by atoms with Crippen molar-refractivity contribution in [2.75, 3.05) is 6.61 Å². The second kappa shape index (κ2) is 6.05. The van der Waals surface area contributed by atoms with Gasteiger partial charge in [0.2, 0.25) is 0 Å². The minimum Gasteiger partial charge on any atom is -0.465 e. The summed E-state index contributed by atoms with van der Waals surface area (Å²) in [5, 5.41) is 0. The summed E-state index contributed by atoms with van der Waals surface area (Å²) in [6, 6.07) is 0. The van der Waals surface area contributed by atoms with Crippen molar-refractivity contribution in [2.45, 2.75) is 52.4 Å². The van der Waals surface area contributed by atoms with Crippen LogP contribution in [0.1, 0.15) is 52.4 Å². The van der Waals surface area contributed by atoms with Crippen LogP contribution in [0.25, 0.3) is 0 Å². The second-order valence-corrected chi connectivity index (χ2v) is 4.71. The third kappa shape index (κ3) is 4.12. The van der Waals surface area contributed by atoms with E-state index in [1.807, 2.05) is 0 Å². The van der Waals surface area contributed by atoms with E-state index >= 15 is 0 Å². The molecule has 0 spiro atoms. The number of ether oxygens (including phenoxy) is 1. The van der Waals surface area contributed by atoms with Gasteiger partial charge in [-0.1, -0.05) is 39.5 Å². The number of rotatable bonds is 3. The van der Waals surface area contributed by atoms with Gasteiger partial charge >= 0.3 is 5.97 Å². The van der Waals surface area contributed by atoms with Crippen molar-refractivity contribution in [2.24, 2.45) is 11.8 Å². The highest BCUT2D eigenvalue weighted by Crippen LogP contribution is 2.23. The van der Waals surface area contributed by atoms with Crippen molar-refractivity contribution in [3.63, 3.8) is 0 Å². The van der Waals surface area contributed by atoms with E-state index in [0.717, 1.165) is 12.8 Å². The number of carbonyl (C=O) groups excluding carboxylic acids is 1. The molecule has 2 nitrogen and oxygen atoms in total. The predicted molar refractivity (Wildman–Crippen MR) is 57.0 cm³/mol. The highest BCUT2D eigenvalue weighted by atomic mass is 16.5. The van der Waals surface area contributed by atoms with E-state index in [-0.39, 0.29) is 11.9 Å². The molecule has 0 atom stereocenters. The highest BCUT2D eigenvalue weighted by Gasteiger charge is 2.21. The monoisotopic (exact) mass is 198 g/mol. The third-order valence-electron chi connectivity index (χ3n) is 2.75. The molecule has 1 aliphatic carbocycles. The summed E-state index contributed by atoms with van der Waals surface area (Å²) in [5.41, 5.74) is 0. The predicted octanol–water partition coefficient (Wildman–Crippen LogP) is 3.16. The molecule has 0 amide bonds. The van der Waals surface area contributed by atoms with Crippen LogP contribution in [-0.4, -0.2) is 12.6 Å². The standard InChI is InChI=1S/C12H22O2/c1-10(2)9-14-12(13)11-7-5-3-4-6-8-11/h10-11H,3-9H2,1-2H3. The highest BCUT2D eigenvalue weighted by molar-refractivity contribution is 5.72. The van der Waals surface area contributed by atoms with E-state index in [0.29, 0.717) is 12.5 Å². The minimum atomic E-state index is 0.0422. The number of carbonyl (C=O) groups is 1. The Morgan fingerprint density at radius 3 is 2.29 bits per heavy atom. The van der Waals surface area contributed by atoms with Crippen molar-refractivity contribution < 1.29 is 9.53 Å². The van der Waals surface area contributed by atoms with Gasteiger partial charge in [-0.3, -0.25) is 4.79 Å². The molecule has 0 aromatic rings. The summed E-state index contributed by atoms with van der Waals surface area (Å²) < 4.78 is 5.26. The van der Waals surface area contributed by atoms with Crippen LogP contribution in [0.15, 0.2) is 0 Å². The van der Waals surface area contributed by atoms with E-state index in [9.17, 15) is 4.79 Å². The van der Waals surface area contributed by atoms with E-state index in [2.05, 4.69) is 13.8 Å². The van der Waals surface area contributed by atoms with Crippen molar-refractivity contribution in [1.29, 1.82) is 0 Å². The lowest BCUT2D eigenvalue weighted by Gasteiger charge is -2.14. The fourth-order valence-electron chi connectivity index (χ4n) is 1.88. The Kier molecular flexibility index (Phi) is 4.99. The van der Waals surface area contributed by atoms with Gasteiger partial charge in [-0.15, -0.1) is 0 Å². The Balaban J connectivity index is 2.27. The van der Waals surface area contributed by atoms with E-state index < -0.39 is 0 Å². The summed E-state index contributed by atoms with van der Waals surface area (Å²) >= 11 is 0. The molecular weight excluding hydrogens is 176 g/mol. The van der Waals surface area contributed by atoms with Crippen molar-refractivity contribution in [1.82, 2.24) is 0 Å². The topological polar surface area (TPSA) is 26.3 Å². The van der Waals surface area contributed by atoms with Crippen LogP contribution in [0, 0.1) is 11.8 Å². The number of hydrogen-bond donors (Lipinski definition) is 0. The fraction of sp³-hybridized carbons (Fsp3) is 0.917. The second-order valence-electron chi connectivity index (χ2n) is 4.71. The lowest BCUT2D eigenvalue weighted by atomic mass is 10.0. The third-order valence-corrected chi connectivity index (χ3v) is 2.75. The quantitative estimate of drug-likeness (QED) is 0.514. The van der Waals surface area contributed by atoms with Gasteiger partial charge in [0.1, 0.15) is 0 Å². The van der Waals surface area contributed by atoms with Gasteiger partial charge in [-0.25, -0.2) is 0 Å². The molecule has 0 saturated heterocycles. The molecule has 1 rings (SSSR count). The molecule has 0 N–H and O–H groups in total. The molecule has 0 radical (unpaired) electrons. The molecule has 0 heterocycles. The molecule has 1 aliphatic rings. The zero-order chi connectivity index (χ0) is 10.4. The molecule has 14 heavy (non-hydrogen) atoms. The van der Waals surface area contributed by atoms with Crippen molar-refractivity contribution in [3.05, 3.63) is 0 Å². The molecule has 0 aromatic heterocycles. The lowest BCUT2D eigenvalue weighted by molar-refractivity contribution is -0.150. The molecule has 0 unspecified atom stereocenters. The van der Waals surface area contributed by atoms with E-state index in [4.69, 9.17) is 4.74 Å². The molecule has 1 saturated carbocycles. The molecule has 0 aromatic carbocycles. The summed E-state index contributed by atoms with van der Waals surface area (Å²) in [6.07, 6.45) is 7.04.